The molecule has 0 radical (unpaired) electrons. The molecule has 5 nitrogen and oxygen atoms in total. The van der Waals surface area contributed by atoms with E-state index in [-0.39, 0.29) is 13.2 Å². The lowest BCUT2D eigenvalue weighted by Crippen LogP contribution is -2.50. The molecule has 1 atom stereocenters. The molecule has 5 heteroatoms. The lowest BCUT2D eigenvalue weighted by molar-refractivity contribution is -0.163. The van der Waals surface area contributed by atoms with Gasteiger partial charge < -0.3 is 14.9 Å². The second kappa shape index (κ2) is 6.33. The normalized spacial score (nSPS) is 20.5. The Kier molecular flexibility index (Phi) is 5.36. The van der Waals surface area contributed by atoms with Crippen LogP contribution in [0.15, 0.2) is 0 Å². The van der Waals surface area contributed by atoms with E-state index in [4.69, 9.17) is 5.11 Å². The zero-order chi connectivity index (χ0) is 12.9. The summed E-state index contributed by atoms with van der Waals surface area (Å²) in [5.74, 6) is -0.626. The number of rotatable bonds is 6. The Bertz CT molecular complexity index is 249. The molecule has 0 bridgehead atoms. The Morgan fingerprint density at radius 2 is 2.06 bits per heavy atom. The summed E-state index contributed by atoms with van der Waals surface area (Å²) in [6, 6.07) is 0.360. The van der Waals surface area contributed by atoms with Crippen molar-refractivity contribution in [1.29, 1.82) is 0 Å². The Balaban J connectivity index is 2.61. The highest BCUT2D eigenvalue weighted by Gasteiger charge is 2.36. The summed E-state index contributed by atoms with van der Waals surface area (Å²) in [5, 5.41) is 19.1. The van der Waals surface area contributed by atoms with Crippen LogP contribution in [0.2, 0.25) is 0 Å². The van der Waals surface area contributed by atoms with E-state index >= 15 is 0 Å². The number of aliphatic hydroxyl groups is 2. The molecule has 0 aliphatic heterocycles. The molecule has 1 rings (SSSR count). The number of carbonyl (C=O) groups is 1. The van der Waals surface area contributed by atoms with Gasteiger partial charge in [0.15, 0.2) is 5.60 Å². The van der Waals surface area contributed by atoms with Crippen molar-refractivity contribution in [2.45, 2.75) is 44.2 Å². The first-order valence-electron chi connectivity index (χ1n) is 6.17. The van der Waals surface area contributed by atoms with E-state index in [0.717, 1.165) is 12.8 Å². The Morgan fingerprint density at radius 3 is 2.53 bits per heavy atom. The van der Waals surface area contributed by atoms with Crippen molar-refractivity contribution in [1.82, 2.24) is 4.90 Å². The molecule has 1 fully saturated rings. The summed E-state index contributed by atoms with van der Waals surface area (Å²) in [5.41, 5.74) is -1.51. The quantitative estimate of drug-likeness (QED) is 0.652. The van der Waals surface area contributed by atoms with Gasteiger partial charge in [0.1, 0.15) is 0 Å². The van der Waals surface area contributed by atoms with Crippen LogP contribution in [0.4, 0.5) is 0 Å². The zero-order valence-electron chi connectivity index (χ0n) is 10.7. The van der Waals surface area contributed by atoms with E-state index in [0.29, 0.717) is 12.6 Å². The third-order valence-corrected chi connectivity index (χ3v) is 3.36. The number of aliphatic hydroxyl groups excluding tert-OH is 1. The highest BCUT2D eigenvalue weighted by molar-refractivity contribution is 5.78. The van der Waals surface area contributed by atoms with Crippen LogP contribution in [0.1, 0.15) is 32.6 Å². The first-order chi connectivity index (χ1) is 8.01. The number of hydrogen-bond donors (Lipinski definition) is 2. The molecule has 0 spiro atoms. The van der Waals surface area contributed by atoms with Crippen molar-refractivity contribution in [3.05, 3.63) is 0 Å². The third-order valence-electron chi connectivity index (χ3n) is 3.36. The van der Waals surface area contributed by atoms with Crippen molar-refractivity contribution in [2.24, 2.45) is 0 Å². The van der Waals surface area contributed by atoms with Gasteiger partial charge in [0.25, 0.3) is 0 Å². The van der Waals surface area contributed by atoms with Gasteiger partial charge in [0.05, 0.1) is 13.7 Å². The van der Waals surface area contributed by atoms with Gasteiger partial charge in [-0.3, -0.25) is 4.90 Å². The van der Waals surface area contributed by atoms with E-state index in [9.17, 15) is 9.90 Å². The highest BCUT2D eigenvalue weighted by Crippen LogP contribution is 2.24. The van der Waals surface area contributed by atoms with E-state index in [1.54, 1.807) is 0 Å². The van der Waals surface area contributed by atoms with E-state index in [2.05, 4.69) is 4.74 Å². The molecule has 1 aliphatic carbocycles. The first kappa shape index (κ1) is 14.4. The Morgan fingerprint density at radius 1 is 1.47 bits per heavy atom. The van der Waals surface area contributed by atoms with E-state index in [1.165, 1.54) is 26.9 Å². The first-order valence-corrected chi connectivity index (χ1v) is 6.17. The van der Waals surface area contributed by atoms with Crippen molar-refractivity contribution >= 4 is 5.97 Å². The second-order valence-corrected chi connectivity index (χ2v) is 4.90. The lowest BCUT2D eigenvalue weighted by Gasteiger charge is -2.33. The van der Waals surface area contributed by atoms with Crippen molar-refractivity contribution < 1.29 is 19.7 Å². The van der Waals surface area contributed by atoms with Crippen LogP contribution in [-0.2, 0) is 9.53 Å². The fourth-order valence-corrected chi connectivity index (χ4v) is 2.47. The van der Waals surface area contributed by atoms with Gasteiger partial charge in [0.2, 0.25) is 0 Å². The second-order valence-electron chi connectivity index (χ2n) is 4.90. The molecular formula is C12H23NO4. The minimum absolute atomic E-state index is 0.0355. The molecule has 1 saturated carbocycles. The summed E-state index contributed by atoms with van der Waals surface area (Å²) in [7, 11) is 1.27. The lowest BCUT2D eigenvalue weighted by atomic mass is 10.0. The SMILES string of the molecule is COC(=O)C(C)(O)CN(CCO)C1CCCC1. The average Bonchev–Trinajstić information content (AvgIpc) is 2.80. The summed E-state index contributed by atoms with van der Waals surface area (Å²) in [6.07, 6.45) is 4.48. The van der Waals surface area contributed by atoms with Gasteiger partial charge in [-0.2, -0.15) is 0 Å². The summed E-state index contributed by atoms with van der Waals surface area (Å²) < 4.78 is 4.58. The standard InChI is InChI=1S/C12H23NO4/c1-12(16,11(15)17-2)9-13(7-8-14)10-5-3-4-6-10/h10,14,16H,3-9H2,1-2H3. The van der Waals surface area contributed by atoms with Crippen LogP contribution in [0.25, 0.3) is 0 Å². The van der Waals surface area contributed by atoms with Gasteiger partial charge in [-0.25, -0.2) is 4.79 Å². The van der Waals surface area contributed by atoms with Gasteiger partial charge in [0, 0.05) is 19.1 Å². The third kappa shape index (κ3) is 3.94. The Labute approximate surface area is 102 Å². The van der Waals surface area contributed by atoms with Crippen LogP contribution in [-0.4, -0.2) is 59.5 Å². The fourth-order valence-electron chi connectivity index (χ4n) is 2.47. The zero-order valence-corrected chi connectivity index (χ0v) is 10.7. The molecule has 1 unspecified atom stereocenters. The monoisotopic (exact) mass is 245 g/mol. The fraction of sp³-hybridized carbons (Fsp3) is 0.917. The maximum Gasteiger partial charge on any atom is 0.338 e. The molecule has 100 valence electrons. The number of esters is 1. The van der Waals surface area contributed by atoms with E-state index < -0.39 is 11.6 Å². The molecule has 2 N–H and O–H groups in total. The molecule has 1 aliphatic rings. The largest absolute Gasteiger partial charge is 0.467 e. The molecule has 17 heavy (non-hydrogen) atoms. The van der Waals surface area contributed by atoms with Gasteiger partial charge in [-0.1, -0.05) is 12.8 Å². The average molecular weight is 245 g/mol. The molecule has 0 aromatic heterocycles. The number of carbonyl (C=O) groups excluding carboxylic acids is 1. The molecule has 0 aromatic rings. The molecule has 0 amide bonds. The van der Waals surface area contributed by atoms with Gasteiger partial charge in [-0.15, -0.1) is 0 Å². The maximum atomic E-state index is 11.4. The molecule has 0 saturated heterocycles. The molecule has 0 heterocycles. The van der Waals surface area contributed by atoms with Gasteiger partial charge in [-0.05, 0) is 19.8 Å². The topological polar surface area (TPSA) is 70.0 Å². The number of ether oxygens (including phenoxy) is 1. The van der Waals surface area contributed by atoms with Gasteiger partial charge >= 0.3 is 5.97 Å². The van der Waals surface area contributed by atoms with Crippen molar-refractivity contribution in [3.8, 4) is 0 Å². The molecular weight excluding hydrogens is 222 g/mol. The van der Waals surface area contributed by atoms with Crippen molar-refractivity contribution in [3.63, 3.8) is 0 Å². The minimum atomic E-state index is -1.51. The number of methoxy groups -OCH3 is 1. The summed E-state index contributed by atoms with van der Waals surface area (Å²) in [6.45, 7) is 2.19. The van der Waals surface area contributed by atoms with Crippen LogP contribution in [0, 0.1) is 0 Å². The Hall–Kier alpha value is -0.650. The van der Waals surface area contributed by atoms with Crippen LogP contribution >= 0.6 is 0 Å². The number of nitrogens with zero attached hydrogens (tertiary/aromatic N) is 1. The highest BCUT2D eigenvalue weighted by atomic mass is 16.5. The maximum absolute atomic E-state index is 11.4. The smallest absolute Gasteiger partial charge is 0.338 e. The van der Waals surface area contributed by atoms with Crippen LogP contribution in [0.3, 0.4) is 0 Å². The minimum Gasteiger partial charge on any atom is -0.467 e. The van der Waals surface area contributed by atoms with E-state index in [1.807, 2.05) is 4.90 Å². The summed E-state index contributed by atoms with van der Waals surface area (Å²) in [4.78, 5) is 13.4. The molecule has 0 aromatic carbocycles. The predicted molar refractivity (Wildman–Crippen MR) is 63.6 cm³/mol. The predicted octanol–water partition coefficient (Wildman–Crippen LogP) is 0.147. The summed E-state index contributed by atoms with van der Waals surface area (Å²) >= 11 is 0. The van der Waals surface area contributed by atoms with Crippen LogP contribution < -0.4 is 0 Å². The van der Waals surface area contributed by atoms with Crippen LogP contribution in [0.5, 0.6) is 0 Å². The van der Waals surface area contributed by atoms with Crippen molar-refractivity contribution in [2.75, 3.05) is 26.8 Å². The number of hydrogen-bond acceptors (Lipinski definition) is 5.